The minimum atomic E-state index is -0.613. The van der Waals surface area contributed by atoms with Gasteiger partial charge < -0.3 is 10.1 Å². The van der Waals surface area contributed by atoms with Gasteiger partial charge in [0.1, 0.15) is 11.0 Å². The minimum Gasteiger partial charge on any atom is -0.497 e. The molecule has 0 bridgehead atoms. The molecule has 1 atom stereocenters. The van der Waals surface area contributed by atoms with Crippen molar-refractivity contribution in [1.29, 1.82) is 0 Å². The lowest BCUT2D eigenvalue weighted by Crippen LogP contribution is -2.43. The van der Waals surface area contributed by atoms with E-state index in [0.717, 1.165) is 0 Å². The summed E-state index contributed by atoms with van der Waals surface area (Å²) >= 11 is 13.2. The number of nitrogens with one attached hydrogen (secondary N) is 1. The Morgan fingerprint density at radius 2 is 1.86 bits per heavy atom. The first-order chi connectivity index (χ1) is 13.4. The molecule has 9 heteroatoms. The maximum atomic E-state index is 12.7. The van der Waals surface area contributed by atoms with Crippen molar-refractivity contribution >= 4 is 63.3 Å². The van der Waals surface area contributed by atoms with Crippen LogP contribution in [0.1, 0.15) is 6.42 Å². The number of halogens is 2. The van der Waals surface area contributed by atoms with Crippen molar-refractivity contribution in [3.8, 4) is 5.75 Å². The molecule has 1 aliphatic rings. The normalized spacial score (nSPS) is 18.3. The number of amidine groups is 1. The smallest absolute Gasteiger partial charge is 0.238 e. The van der Waals surface area contributed by atoms with E-state index in [4.69, 9.17) is 27.9 Å². The number of rotatable bonds is 4. The van der Waals surface area contributed by atoms with Gasteiger partial charge in [-0.15, -0.1) is 0 Å². The summed E-state index contributed by atoms with van der Waals surface area (Å²) in [6.45, 7) is 0. The molecule has 0 aliphatic carbocycles. The minimum absolute atomic E-state index is 0.0724. The molecule has 0 spiro atoms. The molecule has 1 aliphatic heterocycles. The average Bonchev–Trinajstić information content (AvgIpc) is 2.65. The molecule has 1 heterocycles. The van der Waals surface area contributed by atoms with Gasteiger partial charge in [0, 0.05) is 29.2 Å². The number of thioether (sulfide) groups is 1. The zero-order chi connectivity index (χ0) is 20.3. The highest BCUT2D eigenvalue weighted by atomic mass is 35.5. The molecular formula is C19H17Cl2N3O3S. The van der Waals surface area contributed by atoms with Crippen LogP contribution in [0.5, 0.6) is 5.75 Å². The molecule has 2 aromatic rings. The maximum absolute atomic E-state index is 12.7. The quantitative estimate of drug-likeness (QED) is 0.758. The molecule has 1 saturated heterocycles. The summed E-state index contributed by atoms with van der Waals surface area (Å²) in [7, 11) is 3.23. The molecule has 0 aromatic heterocycles. The van der Waals surface area contributed by atoms with Gasteiger partial charge in [-0.25, -0.2) is 4.99 Å². The second kappa shape index (κ2) is 8.86. The summed E-state index contributed by atoms with van der Waals surface area (Å²) in [5.74, 6) is 0.213. The fraction of sp³-hybridized carbons (Fsp3) is 0.211. The highest BCUT2D eigenvalue weighted by Gasteiger charge is 2.34. The van der Waals surface area contributed by atoms with E-state index in [1.807, 2.05) is 0 Å². The van der Waals surface area contributed by atoms with Crippen molar-refractivity contribution in [1.82, 2.24) is 4.90 Å². The molecule has 1 N–H and O–H groups in total. The highest BCUT2D eigenvalue weighted by Crippen LogP contribution is 2.30. The van der Waals surface area contributed by atoms with Crippen molar-refractivity contribution in [2.75, 3.05) is 19.5 Å². The third kappa shape index (κ3) is 4.98. The first-order valence-corrected chi connectivity index (χ1v) is 9.92. The SMILES string of the molecule is COc1ccc(N=C2S[C@@H](C(=O)Nc3cc(Cl)cc(Cl)c3)CC(=O)N2C)cc1. The molecule has 1 fully saturated rings. The summed E-state index contributed by atoms with van der Waals surface area (Å²) in [6, 6.07) is 11.9. The highest BCUT2D eigenvalue weighted by molar-refractivity contribution is 8.15. The van der Waals surface area contributed by atoms with Crippen LogP contribution in [0.25, 0.3) is 0 Å². The van der Waals surface area contributed by atoms with E-state index < -0.39 is 5.25 Å². The van der Waals surface area contributed by atoms with Crippen LogP contribution in [0, 0.1) is 0 Å². The lowest BCUT2D eigenvalue weighted by Gasteiger charge is -2.28. The lowest BCUT2D eigenvalue weighted by molar-refractivity contribution is -0.128. The second-order valence-electron chi connectivity index (χ2n) is 6.00. The number of hydrogen-bond donors (Lipinski definition) is 1. The Hall–Kier alpha value is -2.22. The van der Waals surface area contributed by atoms with Crippen molar-refractivity contribution in [3.05, 3.63) is 52.5 Å². The second-order valence-corrected chi connectivity index (χ2v) is 8.05. The number of nitrogens with zero attached hydrogens (tertiary/aromatic N) is 2. The van der Waals surface area contributed by atoms with E-state index in [9.17, 15) is 9.59 Å². The van der Waals surface area contributed by atoms with Crippen LogP contribution in [0.3, 0.4) is 0 Å². The Labute approximate surface area is 176 Å². The number of carbonyl (C=O) groups is 2. The van der Waals surface area contributed by atoms with Gasteiger partial charge in [0.25, 0.3) is 0 Å². The van der Waals surface area contributed by atoms with Gasteiger partial charge in [-0.1, -0.05) is 35.0 Å². The lowest BCUT2D eigenvalue weighted by atomic mass is 10.2. The third-order valence-corrected chi connectivity index (χ3v) is 5.67. The summed E-state index contributed by atoms with van der Waals surface area (Å²) in [4.78, 5) is 31.0. The fourth-order valence-corrected chi connectivity index (χ4v) is 4.10. The molecule has 6 nitrogen and oxygen atoms in total. The fourth-order valence-electron chi connectivity index (χ4n) is 2.51. The molecule has 0 saturated carbocycles. The standard InChI is InChI=1S/C19H17Cl2N3O3S/c1-24-17(25)10-16(18(26)22-14-8-11(20)7-12(21)9-14)28-19(24)23-13-3-5-15(27-2)6-4-13/h3-9,16H,10H2,1-2H3,(H,22,26)/t16-/m1/s1. The summed E-state index contributed by atoms with van der Waals surface area (Å²) in [6.07, 6.45) is 0.0724. The molecule has 2 aromatic carbocycles. The molecule has 146 valence electrons. The number of amides is 2. The monoisotopic (exact) mass is 437 g/mol. The van der Waals surface area contributed by atoms with Crippen molar-refractivity contribution in [2.45, 2.75) is 11.7 Å². The van der Waals surface area contributed by atoms with Gasteiger partial charge in [0.2, 0.25) is 11.8 Å². The number of aliphatic imine (C=N–C) groups is 1. The van der Waals surface area contributed by atoms with Gasteiger partial charge >= 0.3 is 0 Å². The topological polar surface area (TPSA) is 71.0 Å². The van der Waals surface area contributed by atoms with E-state index in [1.165, 1.54) is 16.7 Å². The zero-order valence-corrected chi connectivity index (χ0v) is 17.4. The number of methoxy groups -OCH3 is 1. The van der Waals surface area contributed by atoms with Gasteiger partial charge in [-0.2, -0.15) is 0 Å². The Morgan fingerprint density at radius 3 is 2.46 bits per heavy atom. The molecule has 2 amide bonds. The number of carbonyl (C=O) groups excluding carboxylic acids is 2. The van der Waals surface area contributed by atoms with Crippen LogP contribution in [0.2, 0.25) is 10.0 Å². The predicted octanol–water partition coefficient (Wildman–Crippen LogP) is 4.59. The Morgan fingerprint density at radius 1 is 1.21 bits per heavy atom. The Balaban J connectivity index is 1.77. The molecule has 3 rings (SSSR count). The molecular weight excluding hydrogens is 421 g/mol. The molecule has 0 unspecified atom stereocenters. The average molecular weight is 438 g/mol. The summed E-state index contributed by atoms with van der Waals surface area (Å²) in [5.41, 5.74) is 1.13. The Bertz CT molecular complexity index is 914. The van der Waals surface area contributed by atoms with Crippen LogP contribution < -0.4 is 10.1 Å². The van der Waals surface area contributed by atoms with E-state index in [0.29, 0.717) is 32.3 Å². The van der Waals surface area contributed by atoms with Gasteiger partial charge in [-0.05, 0) is 42.5 Å². The van der Waals surface area contributed by atoms with Crippen molar-refractivity contribution in [2.24, 2.45) is 4.99 Å². The number of benzene rings is 2. The van der Waals surface area contributed by atoms with Crippen LogP contribution in [0.4, 0.5) is 11.4 Å². The van der Waals surface area contributed by atoms with Crippen LogP contribution in [-0.2, 0) is 9.59 Å². The predicted molar refractivity (Wildman–Crippen MR) is 114 cm³/mol. The summed E-state index contributed by atoms with van der Waals surface area (Å²) in [5, 5.41) is 3.42. The van der Waals surface area contributed by atoms with Gasteiger partial charge in [-0.3, -0.25) is 14.5 Å². The van der Waals surface area contributed by atoms with Gasteiger partial charge in [0.15, 0.2) is 5.17 Å². The summed E-state index contributed by atoms with van der Waals surface area (Å²) < 4.78 is 5.13. The van der Waals surface area contributed by atoms with E-state index >= 15 is 0 Å². The number of anilines is 1. The molecule has 28 heavy (non-hydrogen) atoms. The molecule has 0 radical (unpaired) electrons. The first kappa shape index (κ1) is 20.5. The number of ether oxygens (including phenoxy) is 1. The van der Waals surface area contributed by atoms with Crippen LogP contribution >= 0.6 is 35.0 Å². The van der Waals surface area contributed by atoms with Crippen LogP contribution in [0.15, 0.2) is 47.5 Å². The van der Waals surface area contributed by atoms with E-state index in [1.54, 1.807) is 56.6 Å². The first-order valence-electron chi connectivity index (χ1n) is 8.28. The van der Waals surface area contributed by atoms with Crippen LogP contribution in [-0.4, -0.2) is 41.3 Å². The van der Waals surface area contributed by atoms with Gasteiger partial charge in [0.05, 0.1) is 12.8 Å². The third-order valence-electron chi connectivity index (χ3n) is 3.99. The zero-order valence-electron chi connectivity index (χ0n) is 15.1. The van der Waals surface area contributed by atoms with E-state index in [-0.39, 0.29) is 18.2 Å². The largest absolute Gasteiger partial charge is 0.497 e. The van der Waals surface area contributed by atoms with Crippen molar-refractivity contribution < 1.29 is 14.3 Å². The van der Waals surface area contributed by atoms with Crippen molar-refractivity contribution in [3.63, 3.8) is 0 Å². The Kier molecular flexibility index (Phi) is 6.49. The van der Waals surface area contributed by atoms with E-state index in [2.05, 4.69) is 10.3 Å². The number of hydrogen-bond acceptors (Lipinski definition) is 5. The maximum Gasteiger partial charge on any atom is 0.238 e.